The zero-order valence-electron chi connectivity index (χ0n) is 16.7. The molecule has 0 aromatic carbocycles. The molecular weight excluding hydrogens is 431 g/mol. The fourth-order valence-electron chi connectivity index (χ4n) is 3.56. The summed E-state index contributed by atoms with van der Waals surface area (Å²) >= 11 is 0. The molecule has 7 heteroatoms. The van der Waals surface area contributed by atoms with Crippen molar-refractivity contribution >= 4 is 35.8 Å². The van der Waals surface area contributed by atoms with E-state index in [1.54, 1.807) is 19.0 Å². The van der Waals surface area contributed by atoms with E-state index in [4.69, 9.17) is 4.74 Å². The molecule has 148 valence electrons. The zero-order valence-corrected chi connectivity index (χ0v) is 19.1. The van der Waals surface area contributed by atoms with Crippen LogP contribution in [0.25, 0.3) is 0 Å². The molecule has 1 aliphatic carbocycles. The van der Waals surface area contributed by atoms with Crippen LogP contribution in [0.4, 0.5) is 0 Å². The minimum Gasteiger partial charge on any atom is -0.378 e. The number of carbonyl (C=O) groups excluding carboxylic acids is 1. The summed E-state index contributed by atoms with van der Waals surface area (Å²) in [4.78, 5) is 17.9. The molecule has 0 aliphatic heterocycles. The predicted molar refractivity (Wildman–Crippen MR) is 115 cm³/mol. The number of ether oxygens (including phenoxy) is 1. The van der Waals surface area contributed by atoms with Crippen LogP contribution in [-0.4, -0.2) is 62.7 Å². The quantitative estimate of drug-likeness (QED) is 0.310. The number of hydrogen-bond acceptors (Lipinski definition) is 3. The Morgan fingerprint density at radius 3 is 2.36 bits per heavy atom. The van der Waals surface area contributed by atoms with Gasteiger partial charge in [0.25, 0.3) is 0 Å². The maximum Gasteiger partial charge on any atom is 0.223 e. The third kappa shape index (κ3) is 6.27. The van der Waals surface area contributed by atoms with Crippen molar-refractivity contribution in [3.63, 3.8) is 0 Å². The van der Waals surface area contributed by atoms with Gasteiger partial charge in [0.05, 0.1) is 12.6 Å². The molecule has 2 N–H and O–H groups in total. The van der Waals surface area contributed by atoms with E-state index in [1.165, 1.54) is 0 Å². The lowest BCUT2D eigenvalue weighted by Crippen LogP contribution is -2.65. The number of aliphatic imine (C=N–C) groups is 1. The molecule has 2 unspecified atom stereocenters. The van der Waals surface area contributed by atoms with Crippen molar-refractivity contribution in [1.29, 1.82) is 0 Å². The van der Waals surface area contributed by atoms with Crippen molar-refractivity contribution in [2.75, 3.05) is 33.8 Å². The van der Waals surface area contributed by atoms with Crippen molar-refractivity contribution in [1.82, 2.24) is 15.5 Å². The Balaban J connectivity index is 0.00000576. The molecule has 0 saturated heterocycles. The summed E-state index contributed by atoms with van der Waals surface area (Å²) in [6, 6.07) is 0.367. The standard InChI is InChI=1S/C18H36N4O2.HI/c1-7-18(8-2)14(13-15(18)24-10-4)21-17(19-9-3)20-12-11-16(23)22(5)6;/h14-15H,7-13H2,1-6H3,(H2,19,20,21);1H. The fraction of sp³-hybridized carbons (Fsp3) is 0.889. The number of amides is 1. The van der Waals surface area contributed by atoms with Crippen molar-refractivity contribution in [3.8, 4) is 0 Å². The summed E-state index contributed by atoms with van der Waals surface area (Å²) in [5, 5.41) is 6.86. The maximum atomic E-state index is 11.7. The summed E-state index contributed by atoms with van der Waals surface area (Å²) in [5.41, 5.74) is 0.172. The van der Waals surface area contributed by atoms with Crippen LogP contribution in [0.2, 0.25) is 0 Å². The van der Waals surface area contributed by atoms with Crippen LogP contribution in [0, 0.1) is 5.41 Å². The third-order valence-corrected chi connectivity index (χ3v) is 5.22. The van der Waals surface area contributed by atoms with E-state index in [2.05, 4.69) is 43.3 Å². The van der Waals surface area contributed by atoms with Crippen LogP contribution in [0.3, 0.4) is 0 Å². The number of carbonyl (C=O) groups is 1. The van der Waals surface area contributed by atoms with Crippen molar-refractivity contribution in [2.24, 2.45) is 10.4 Å². The van der Waals surface area contributed by atoms with Gasteiger partial charge in [-0.1, -0.05) is 13.8 Å². The van der Waals surface area contributed by atoms with Crippen LogP contribution in [0.1, 0.15) is 53.4 Å². The molecule has 0 bridgehead atoms. The largest absolute Gasteiger partial charge is 0.378 e. The highest BCUT2D eigenvalue weighted by Gasteiger charge is 2.53. The Bertz CT molecular complexity index is 425. The Morgan fingerprint density at radius 1 is 1.24 bits per heavy atom. The summed E-state index contributed by atoms with van der Waals surface area (Å²) in [6.07, 6.45) is 3.95. The van der Waals surface area contributed by atoms with Crippen LogP contribution in [0.5, 0.6) is 0 Å². The summed E-state index contributed by atoms with van der Waals surface area (Å²) in [5.74, 6) is 0.904. The number of nitrogens with one attached hydrogen (secondary N) is 2. The van der Waals surface area contributed by atoms with E-state index in [0.29, 0.717) is 25.1 Å². The number of guanidine groups is 1. The van der Waals surface area contributed by atoms with Gasteiger partial charge in [-0.25, -0.2) is 0 Å². The van der Waals surface area contributed by atoms with E-state index in [9.17, 15) is 4.79 Å². The number of rotatable bonds is 9. The smallest absolute Gasteiger partial charge is 0.223 e. The molecule has 0 aromatic heterocycles. The van der Waals surface area contributed by atoms with E-state index in [1.807, 2.05) is 0 Å². The summed E-state index contributed by atoms with van der Waals surface area (Å²) in [6.45, 7) is 10.7. The monoisotopic (exact) mass is 468 g/mol. The van der Waals surface area contributed by atoms with Crippen molar-refractivity contribution < 1.29 is 9.53 Å². The van der Waals surface area contributed by atoms with Gasteiger partial charge in [0.15, 0.2) is 5.96 Å². The van der Waals surface area contributed by atoms with Crippen LogP contribution >= 0.6 is 24.0 Å². The molecule has 0 aromatic rings. The molecule has 6 nitrogen and oxygen atoms in total. The highest BCUT2D eigenvalue weighted by Crippen LogP contribution is 2.48. The first kappa shape index (κ1) is 24.4. The minimum atomic E-state index is 0. The number of hydrogen-bond donors (Lipinski definition) is 2. The van der Waals surface area contributed by atoms with E-state index in [0.717, 1.165) is 38.4 Å². The van der Waals surface area contributed by atoms with Gasteiger partial charge in [0.1, 0.15) is 0 Å². The Hall–Kier alpha value is -0.570. The number of nitrogens with zero attached hydrogens (tertiary/aromatic N) is 2. The Morgan fingerprint density at radius 2 is 1.88 bits per heavy atom. The number of halogens is 1. The first-order chi connectivity index (χ1) is 11.4. The SMILES string of the molecule is CCNC(=NCCC(=O)N(C)C)NC1CC(OCC)C1(CC)CC.I. The predicted octanol–water partition coefficient (Wildman–Crippen LogP) is 2.62. The maximum absolute atomic E-state index is 11.7. The fourth-order valence-corrected chi connectivity index (χ4v) is 3.56. The average Bonchev–Trinajstić information content (AvgIpc) is 2.54. The molecule has 2 atom stereocenters. The molecule has 0 spiro atoms. The molecular formula is C18H37IN4O2. The Labute approximate surface area is 170 Å². The first-order valence-electron chi connectivity index (χ1n) is 9.31. The van der Waals surface area contributed by atoms with Gasteiger partial charge in [-0.05, 0) is 33.1 Å². The molecule has 1 saturated carbocycles. The molecule has 1 fully saturated rings. The zero-order chi connectivity index (χ0) is 18.2. The molecule has 25 heavy (non-hydrogen) atoms. The van der Waals surface area contributed by atoms with Gasteiger partial charge >= 0.3 is 0 Å². The molecule has 1 rings (SSSR count). The van der Waals surface area contributed by atoms with Gasteiger partial charge in [-0.15, -0.1) is 24.0 Å². The van der Waals surface area contributed by atoms with Crippen LogP contribution < -0.4 is 10.6 Å². The van der Waals surface area contributed by atoms with E-state index in [-0.39, 0.29) is 35.3 Å². The molecule has 0 radical (unpaired) electrons. The summed E-state index contributed by atoms with van der Waals surface area (Å²) in [7, 11) is 3.54. The second-order valence-corrected chi connectivity index (χ2v) is 6.62. The second kappa shape index (κ2) is 11.9. The lowest BCUT2D eigenvalue weighted by Gasteiger charge is -2.55. The average molecular weight is 468 g/mol. The molecule has 1 amide bonds. The van der Waals surface area contributed by atoms with Crippen LogP contribution in [0.15, 0.2) is 4.99 Å². The van der Waals surface area contributed by atoms with Gasteiger partial charge < -0.3 is 20.3 Å². The van der Waals surface area contributed by atoms with E-state index >= 15 is 0 Å². The first-order valence-corrected chi connectivity index (χ1v) is 9.31. The topological polar surface area (TPSA) is 66.0 Å². The lowest BCUT2D eigenvalue weighted by atomic mass is 9.58. The second-order valence-electron chi connectivity index (χ2n) is 6.62. The highest BCUT2D eigenvalue weighted by atomic mass is 127. The summed E-state index contributed by atoms with van der Waals surface area (Å²) < 4.78 is 5.94. The van der Waals surface area contributed by atoms with Gasteiger partial charge in [0, 0.05) is 45.1 Å². The van der Waals surface area contributed by atoms with Crippen LogP contribution in [-0.2, 0) is 9.53 Å². The van der Waals surface area contributed by atoms with E-state index < -0.39 is 0 Å². The highest BCUT2D eigenvalue weighted by molar-refractivity contribution is 14.0. The minimum absolute atomic E-state index is 0. The van der Waals surface area contributed by atoms with Crippen molar-refractivity contribution in [2.45, 2.75) is 65.5 Å². The van der Waals surface area contributed by atoms with Gasteiger partial charge in [-0.2, -0.15) is 0 Å². The lowest BCUT2D eigenvalue weighted by molar-refractivity contribution is -0.133. The molecule has 1 aliphatic rings. The Kier molecular flexibility index (Phi) is 11.7. The third-order valence-electron chi connectivity index (χ3n) is 5.22. The molecule has 0 heterocycles. The van der Waals surface area contributed by atoms with Crippen molar-refractivity contribution in [3.05, 3.63) is 0 Å². The van der Waals surface area contributed by atoms with Gasteiger partial charge in [-0.3, -0.25) is 9.79 Å². The normalized spacial score (nSPS) is 21.8. The van der Waals surface area contributed by atoms with Gasteiger partial charge in [0.2, 0.25) is 5.91 Å².